The molecule has 0 atom stereocenters. The molecule has 0 bridgehead atoms. The van der Waals surface area contributed by atoms with Gasteiger partial charge in [0.15, 0.2) is 6.54 Å². The van der Waals surface area contributed by atoms with Gasteiger partial charge in [-0.05, 0) is 30.3 Å². The smallest absolute Gasteiger partial charge is 0.279 e. The highest BCUT2D eigenvalue weighted by Crippen LogP contribution is 2.19. The van der Waals surface area contributed by atoms with Gasteiger partial charge in [-0.2, -0.15) is 0 Å². The molecule has 7 heteroatoms. The van der Waals surface area contributed by atoms with Gasteiger partial charge >= 0.3 is 0 Å². The van der Waals surface area contributed by atoms with Crippen molar-refractivity contribution in [3.05, 3.63) is 59.1 Å². The lowest BCUT2D eigenvalue weighted by atomic mass is 10.2. The number of halogens is 3. The molecule has 2 N–H and O–H groups in total. The summed E-state index contributed by atoms with van der Waals surface area (Å²) < 4.78 is 27.0. The Morgan fingerprint density at radius 2 is 1.84 bits per heavy atom. The van der Waals surface area contributed by atoms with Crippen molar-refractivity contribution in [1.82, 2.24) is 0 Å². The van der Waals surface area contributed by atoms with Gasteiger partial charge in [0.1, 0.15) is 11.6 Å². The number of carbonyl (C=O) groups excluding carboxylic acids is 1. The van der Waals surface area contributed by atoms with Crippen LogP contribution in [-0.2, 0) is 4.79 Å². The summed E-state index contributed by atoms with van der Waals surface area (Å²) in [5, 5.41) is 2.70. The Hall–Kier alpha value is -2.18. The largest absolute Gasteiger partial charge is 0.358 e. The van der Waals surface area contributed by atoms with Gasteiger partial charge in [0.2, 0.25) is 0 Å². The maximum atomic E-state index is 13.8. The lowest BCUT2D eigenvalue weighted by Crippen LogP contribution is -3.15. The van der Waals surface area contributed by atoms with Gasteiger partial charge in [0, 0.05) is 5.69 Å². The molecule has 0 radical (unpaired) electrons. The Labute approximate surface area is 150 Å². The molecule has 1 heterocycles. The first-order valence-corrected chi connectivity index (χ1v) is 8.48. The summed E-state index contributed by atoms with van der Waals surface area (Å²) >= 11 is 5.71. The summed E-state index contributed by atoms with van der Waals surface area (Å²) in [5.74, 6) is -0.900. The number of hydrogen-bond donors (Lipinski definition) is 2. The molecule has 25 heavy (non-hydrogen) atoms. The summed E-state index contributed by atoms with van der Waals surface area (Å²) in [5.41, 5.74) is 1.08. The second kappa shape index (κ2) is 7.80. The lowest BCUT2D eigenvalue weighted by molar-refractivity contribution is -0.892. The molecule has 2 aromatic rings. The third-order valence-corrected chi connectivity index (χ3v) is 4.57. The highest BCUT2D eigenvalue weighted by molar-refractivity contribution is 6.31. The molecule has 1 amide bonds. The molecule has 1 aliphatic rings. The second-order valence-corrected chi connectivity index (χ2v) is 6.45. The summed E-state index contributed by atoms with van der Waals surface area (Å²) in [7, 11) is 0. The van der Waals surface area contributed by atoms with Crippen molar-refractivity contribution in [2.45, 2.75) is 0 Å². The van der Waals surface area contributed by atoms with E-state index in [9.17, 15) is 13.6 Å². The molecule has 4 nitrogen and oxygen atoms in total. The Bertz CT molecular complexity index is 764. The van der Waals surface area contributed by atoms with E-state index in [0.29, 0.717) is 31.0 Å². The zero-order valence-electron chi connectivity index (χ0n) is 13.6. The van der Waals surface area contributed by atoms with Crippen molar-refractivity contribution in [1.29, 1.82) is 0 Å². The zero-order valence-corrected chi connectivity index (χ0v) is 14.3. The topological polar surface area (TPSA) is 36.8 Å². The van der Waals surface area contributed by atoms with Gasteiger partial charge in [0.05, 0.1) is 36.9 Å². The van der Waals surface area contributed by atoms with Crippen molar-refractivity contribution in [3.8, 4) is 0 Å². The van der Waals surface area contributed by atoms with Crippen LogP contribution in [-0.4, -0.2) is 38.6 Å². The van der Waals surface area contributed by atoms with Crippen LogP contribution in [0.3, 0.4) is 0 Å². The normalized spacial score (nSPS) is 15.2. The standard InChI is InChI=1S/C18H18ClF2N3O/c19-14-11-13(5-6-15(14)20)22-18(25)12-23-7-9-24(10-8-23)17-4-2-1-3-16(17)21/h1-6,11H,7-10,12H2,(H,22,25)/p+1. The highest BCUT2D eigenvalue weighted by Gasteiger charge is 2.23. The van der Waals surface area contributed by atoms with E-state index in [4.69, 9.17) is 11.6 Å². The lowest BCUT2D eigenvalue weighted by Gasteiger charge is -2.33. The minimum atomic E-state index is -0.519. The van der Waals surface area contributed by atoms with Crippen LogP contribution in [0.15, 0.2) is 42.5 Å². The first-order chi connectivity index (χ1) is 12.0. The number of amides is 1. The fourth-order valence-corrected chi connectivity index (χ4v) is 3.14. The van der Waals surface area contributed by atoms with E-state index in [1.54, 1.807) is 12.1 Å². The maximum absolute atomic E-state index is 13.8. The fourth-order valence-electron chi connectivity index (χ4n) is 2.95. The number of benzene rings is 2. The molecule has 0 saturated carbocycles. The van der Waals surface area contributed by atoms with E-state index < -0.39 is 5.82 Å². The highest BCUT2D eigenvalue weighted by atomic mass is 35.5. The fraction of sp³-hybridized carbons (Fsp3) is 0.278. The molecule has 1 saturated heterocycles. The number of piperazine rings is 1. The van der Waals surface area contributed by atoms with Crippen LogP contribution in [0.1, 0.15) is 0 Å². The number of carbonyl (C=O) groups is 1. The van der Waals surface area contributed by atoms with E-state index in [1.807, 2.05) is 11.0 Å². The monoisotopic (exact) mass is 366 g/mol. The summed E-state index contributed by atoms with van der Waals surface area (Å²) in [6.45, 7) is 3.16. The van der Waals surface area contributed by atoms with Crippen molar-refractivity contribution in [2.75, 3.05) is 42.9 Å². The van der Waals surface area contributed by atoms with Crippen LogP contribution < -0.4 is 15.1 Å². The van der Waals surface area contributed by atoms with Crippen molar-refractivity contribution < 1.29 is 18.5 Å². The quantitative estimate of drug-likeness (QED) is 0.868. The van der Waals surface area contributed by atoms with Gasteiger partial charge in [-0.3, -0.25) is 4.79 Å². The summed E-state index contributed by atoms with van der Waals surface area (Å²) in [6.07, 6.45) is 0. The van der Waals surface area contributed by atoms with E-state index >= 15 is 0 Å². The maximum Gasteiger partial charge on any atom is 0.279 e. The van der Waals surface area contributed by atoms with Gasteiger partial charge in [-0.15, -0.1) is 0 Å². The number of para-hydroxylation sites is 1. The van der Waals surface area contributed by atoms with Crippen molar-refractivity contribution in [2.24, 2.45) is 0 Å². The van der Waals surface area contributed by atoms with Crippen LogP contribution in [0.25, 0.3) is 0 Å². The number of nitrogens with zero attached hydrogens (tertiary/aromatic N) is 1. The number of rotatable bonds is 4. The minimum Gasteiger partial charge on any atom is -0.358 e. The van der Waals surface area contributed by atoms with Gasteiger partial charge in [-0.1, -0.05) is 23.7 Å². The van der Waals surface area contributed by atoms with E-state index in [0.717, 1.165) is 18.0 Å². The van der Waals surface area contributed by atoms with Crippen LogP contribution in [0.4, 0.5) is 20.2 Å². The Balaban J connectivity index is 1.51. The second-order valence-electron chi connectivity index (χ2n) is 6.04. The van der Waals surface area contributed by atoms with Crippen molar-refractivity contribution in [3.63, 3.8) is 0 Å². The molecule has 0 unspecified atom stereocenters. The predicted octanol–water partition coefficient (Wildman–Crippen LogP) is 1.96. The van der Waals surface area contributed by atoms with Crippen LogP contribution in [0.5, 0.6) is 0 Å². The molecule has 132 valence electrons. The van der Waals surface area contributed by atoms with E-state index in [-0.39, 0.29) is 16.7 Å². The third-order valence-electron chi connectivity index (χ3n) is 4.28. The predicted molar refractivity (Wildman–Crippen MR) is 94.2 cm³/mol. The molecule has 1 aliphatic heterocycles. The molecule has 3 rings (SSSR count). The molecule has 1 fully saturated rings. The number of nitrogens with one attached hydrogen (secondary N) is 2. The molecular weight excluding hydrogens is 348 g/mol. The Morgan fingerprint density at radius 3 is 2.52 bits per heavy atom. The summed E-state index contributed by atoms with van der Waals surface area (Å²) in [6, 6.07) is 10.8. The average molecular weight is 367 g/mol. The van der Waals surface area contributed by atoms with Crippen LogP contribution in [0.2, 0.25) is 5.02 Å². The van der Waals surface area contributed by atoms with Gasteiger partial charge in [0.25, 0.3) is 5.91 Å². The Kier molecular flexibility index (Phi) is 5.50. The van der Waals surface area contributed by atoms with Crippen LogP contribution in [0, 0.1) is 11.6 Å². The molecule has 0 aliphatic carbocycles. The zero-order chi connectivity index (χ0) is 17.8. The number of hydrogen-bond acceptors (Lipinski definition) is 2. The van der Waals surface area contributed by atoms with Gasteiger partial charge < -0.3 is 15.1 Å². The van der Waals surface area contributed by atoms with Gasteiger partial charge in [-0.25, -0.2) is 8.78 Å². The third kappa shape index (κ3) is 4.46. The number of anilines is 2. The number of quaternary nitrogens is 1. The average Bonchev–Trinajstić information content (AvgIpc) is 2.59. The first kappa shape index (κ1) is 17.6. The minimum absolute atomic E-state index is 0.0244. The molecule has 0 aromatic heterocycles. The SMILES string of the molecule is O=C(C[NH+]1CCN(c2ccccc2F)CC1)Nc1ccc(F)c(Cl)c1. The van der Waals surface area contributed by atoms with E-state index in [1.165, 1.54) is 24.3 Å². The molecule has 2 aromatic carbocycles. The van der Waals surface area contributed by atoms with Crippen LogP contribution >= 0.6 is 11.6 Å². The van der Waals surface area contributed by atoms with E-state index in [2.05, 4.69) is 5.32 Å². The Morgan fingerprint density at radius 1 is 1.12 bits per heavy atom. The molecular formula is C18H19ClF2N3O+. The molecule has 0 spiro atoms. The first-order valence-electron chi connectivity index (χ1n) is 8.11. The summed E-state index contributed by atoms with van der Waals surface area (Å²) in [4.78, 5) is 15.3. The van der Waals surface area contributed by atoms with Crippen molar-refractivity contribution >= 4 is 28.9 Å².